The standard InChI is InChI=1S/C28H35N3O6S/c1-20-17-31(21(2)19-32)27(33)24-15-22(11-14-28(34)12-7-8-13-28)16-29-26(24)37-25(20)18-30(3)38(35,36)23-9-5-4-6-10-23/h4-6,9-10,15-16,20-21,25,32,34H,7-8,12-13,17-19H2,1-3H3/t20-,21-,25-/m0/s1. The highest BCUT2D eigenvalue weighted by Crippen LogP contribution is 2.30. The van der Waals surface area contributed by atoms with Crippen LogP contribution in [0.1, 0.15) is 55.5 Å². The predicted octanol–water partition coefficient (Wildman–Crippen LogP) is 2.28. The quantitative estimate of drug-likeness (QED) is 0.539. The summed E-state index contributed by atoms with van der Waals surface area (Å²) < 4.78 is 33.8. The lowest BCUT2D eigenvalue weighted by Crippen LogP contribution is -2.50. The first kappa shape index (κ1) is 28.0. The van der Waals surface area contributed by atoms with Gasteiger partial charge in [-0.2, -0.15) is 4.31 Å². The molecule has 38 heavy (non-hydrogen) atoms. The lowest BCUT2D eigenvalue weighted by Gasteiger charge is -2.37. The van der Waals surface area contributed by atoms with Gasteiger partial charge in [-0.05, 0) is 50.8 Å². The summed E-state index contributed by atoms with van der Waals surface area (Å²) in [7, 11) is -2.27. The van der Waals surface area contributed by atoms with E-state index in [2.05, 4.69) is 16.8 Å². The Morgan fingerprint density at radius 1 is 1.26 bits per heavy atom. The molecule has 9 nitrogen and oxygen atoms in total. The van der Waals surface area contributed by atoms with Crippen LogP contribution in [0.25, 0.3) is 0 Å². The molecule has 10 heteroatoms. The van der Waals surface area contributed by atoms with Gasteiger partial charge < -0.3 is 19.8 Å². The number of likely N-dealkylation sites (N-methyl/N-ethyl adjacent to an activating group) is 1. The first-order chi connectivity index (χ1) is 18.0. The van der Waals surface area contributed by atoms with E-state index in [0.717, 1.165) is 12.8 Å². The Balaban J connectivity index is 1.67. The van der Waals surface area contributed by atoms with Crippen LogP contribution in [0.15, 0.2) is 47.5 Å². The lowest BCUT2D eigenvalue weighted by atomic mass is 10.00. The van der Waals surface area contributed by atoms with Gasteiger partial charge in [0, 0.05) is 31.3 Å². The zero-order valence-corrected chi connectivity index (χ0v) is 22.8. The van der Waals surface area contributed by atoms with Crippen molar-refractivity contribution in [2.24, 2.45) is 5.92 Å². The number of carbonyl (C=O) groups is 1. The second kappa shape index (κ2) is 11.4. The number of rotatable bonds is 6. The molecule has 0 radical (unpaired) electrons. The molecule has 0 saturated heterocycles. The van der Waals surface area contributed by atoms with Crippen LogP contribution in [-0.4, -0.2) is 83.2 Å². The molecule has 1 aliphatic carbocycles. The number of fused-ring (bicyclic) bond motifs is 1. The number of aliphatic hydroxyl groups is 2. The molecule has 204 valence electrons. The fourth-order valence-electron chi connectivity index (χ4n) is 4.79. The zero-order chi connectivity index (χ0) is 27.5. The van der Waals surface area contributed by atoms with E-state index >= 15 is 0 Å². The number of hydrogen-bond donors (Lipinski definition) is 2. The van der Waals surface area contributed by atoms with E-state index in [-0.39, 0.29) is 47.9 Å². The van der Waals surface area contributed by atoms with E-state index in [0.29, 0.717) is 18.4 Å². The Morgan fingerprint density at radius 2 is 1.95 bits per heavy atom. The number of nitrogens with zero attached hydrogens (tertiary/aromatic N) is 3. The molecule has 1 aliphatic heterocycles. The summed E-state index contributed by atoms with van der Waals surface area (Å²) in [5.41, 5.74) is -0.384. The van der Waals surface area contributed by atoms with Crippen molar-refractivity contribution in [3.8, 4) is 17.7 Å². The SMILES string of the molecule is C[C@H]1CN([C@@H](C)CO)C(=O)c2cc(C#CC3(O)CCCC3)cnc2O[C@H]1CN(C)S(=O)(=O)c1ccccc1. The summed E-state index contributed by atoms with van der Waals surface area (Å²) in [4.78, 5) is 19.7. The molecule has 1 fully saturated rings. The van der Waals surface area contributed by atoms with Crippen LogP contribution < -0.4 is 4.74 Å². The monoisotopic (exact) mass is 541 g/mol. The topological polar surface area (TPSA) is 120 Å². The molecule has 1 amide bonds. The van der Waals surface area contributed by atoms with Gasteiger partial charge in [0.2, 0.25) is 15.9 Å². The van der Waals surface area contributed by atoms with Crippen molar-refractivity contribution in [1.82, 2.24) is 14.2 Å². The summed E-state index contributed by atoms with van der Waals surface area (Å²) in [6, 6.07) is 9.28. The normalized spacial score (nSPS) is 22.1. The fourth-order valence-corrected chi connectivity index (χ4v) is 5.99. The second-order valence-corrected chi connectivity index (χ2v) is 12.3. The average Bonchev–Trinajstić information content (AvgIpc) is 3.36. The van der Waals surface area contributed by atoms with E-state index in [1.54, 1.807) is 48.2 Å². The van der Waals surface area contributed by atoms with Crippen molar-refractivity contribution in [1.29, 1.82) is 0 Å². The Hall–Kier alpha value is -2.97. The molecule has 2 aliphatic rings. The lowest BCUT2D eigenvalue weighted by molar-refractivity contribution is 0.0373. The number of sulfonamides is 1. The van der Waals surface area contributed by atoms with Crippen LogP contribution >= 0.6 is 0 Å². The highest BCUT2D eigenvalue weighted by molar-refractivity contribution is 7.89. The maximum absolute atomic E-state index is 13.6. The molecule has 0 unspecified atom stereocenters. The Kier molecular flexibility index (Phi) is 8.43. The van der Waals surface area contributed by atoms with Crippen LogP contribution in [0.5, 0.6) is 5.88 Å². The molecule has 3 atom stereocenters. The fraction of sp³-hybridized carbons (Fsp3) is 0.500. The number of ether oxygens (including phenoxy) is 1. The third kappa shape index (κ3) is 6.02. The molecule has 2 aromatic rings. The van der Waals surface area contributed by atoms with E-state index in [9.17, 15) is 23.4 Å². The molecule has 0 spiro atoms. The van der Waals surface area contributed by atoms with Crippen molar-refractivity contribution in [2.45, 2.75) is 62.2 Å². The number of aliphatic hydroxyl groups excluding tert-OH is 1. The van der Waals surface area contributed by atoms with Crippen LogP contribution in [0.3, 0.4) is 0 Å². The highest BCUT2D eigenvalue weighted by atomic mass is 32.2. The molecule has 2 N–H and O–H groups in total. The summed E-state index contributed by atoms with van der Waals surface area (Å²) in [6.07, 6.45) is 3.93. The Labute approximate surface area is 224 Å². The molecule has 1 aromatic carbocycles. The maximum atomic E-state index is 13.6. The van der Waals surface area contributed by atoms with E-state index < -0.39 is 27.8 Å². The number of carbonyl (C=O) groups excluding carboxylic acids is 1. The van der Waals surface area contributed by atoms with Gasteiger partial charge in [0.15, 0.2) is 0 Å². The minimum Gasteiger partial charge on any atom is -0.472 e. The van der Waals surface area contributed by atoms with Gasteiger partial charge in [0.1, 0.15) is 17.3 Å². The van der Waals surface area contributed by atoms with E-state index in [1.807, 2.05) is 6.92 Å². The highest BCUT2D eigenvalue weighted by Gasteiger charge is 2.36. The largest absolute Gasteiger partial charge is 0.472 e. The van der Waals surface area contributed by atoms with Gasteiger partial charge in [0.25, 0.3) is 5.91 Å². The summed E-state index contributed by atoms with van der Waals surface area (Å²) in [5, 5.41) is 20.4. The van der Waals surface area contributed by atoms with Crippen LogP contribution in [0, 0.1) is 17.8 Å². The van der Waals surface area contributed by atoms with Gasteiger partial charge in [-0.15, -0.1) is 0 Å². The van der Waals surface area contributed by atoms with Gasteiger partial charge in [0.05, 0.1) is 24.1 Å². The molecule has 2 heterocycles. The summed E-state index contributed by atoms with van der Waals surface area (Å²) in [5.74, 6) is 5.34. The van der Waals surface area contributed by atoms with Crippen molar-refractivity contribution in [2.75, 3.05) is 26.7 Å². The summed E-state index contributed by atoms with van der Waals surface area (Å²) in [6.45, 7) is 3.68. The van der Waals surface area contributed by atoms with Crippen molar-refractivity contribution >= 4 is 15.9 Å². The van der Waals surface area contributed by atoms with Gasteiger partial charge in [-0.3, -0.25) is 4.79 Å². The second-order valence-electron chi connectivity index (χ2n) is 10.3. The number of pyridine rings is 1. The Morgan fingerprint density at radius 3 is 2.61 bits per heavy atom. The maximum Gasteiger partial charge on any atom is 0.259 e. The summed E-state index contributed by atoms with van der Waals surface area (Å²) >= 11 is 0. The van der Waals surface area contributed by atoms with Crippen LogP contribution in [0.2, 0.25) is 0 Å². The predicted molar refractivity (Wildman–Crippen MR) is 142 cm³/mol. The third-order valence-electron chi connectivity index (χ3n) is 7.28. The minimum absolute atomic E-state index is 0.0314. The van der Waals surface area contributed by atoms with Crippen LogP contribution in [-0.2, 0) is 10.0 Å². The third-order valence-corrected chi connectivity index (χ3v) is 9.12. The molecular weight excluding hydrogens is 506 g/mol. The molecular formula is C28H35N3O6S. The molecule has 1 saturated carbocycles. The van der Waals surface area contributed by atoms with Gasteiger partial charge >= 0.3 is 0 Å². The molecule has 4 rings (SSSR count). The average molecular weight is 542 g/mol. The van der Waals surface area contributed by atoms with Crippen LogP contribution in [0.4, 0.5) is 0 Å². The van der Waals surface area contributed by atoms with Crippen molar-refractivity contribution < 1.29 is 28.2 Å². The van der Waals surface area contributed by atoms with Crippen molar-refractivity contribution in [3.05, 3.63) is 53.7 Å². The van der Waals surface area contributed by atoms with Crippen molar-refractivity contribution in [3.63, 3.8) is 0 Å². The first-order valence-corrected chi connectivity index (χ1v) is 14.3. The van der Waals surface area contributed by atoms with Gasteiger partial charge in [-0.1, -0.05) is 37.0 Å². The first-order valence-electron chi connectivity index (χ1n) is 12.9. The smallest absolute Gasteiger partial charge is 0.259 e. The number of hydrogen-bond acceptors (Lipinski definition) is 7. The van der Waals surface area contributed by atoms with E-state index in [4.69, 9.17) is 4.74 Å². The number of benzene rings is 1. The Bertz CT molecular complexity index is 1320. The number of aromatic nitrogens is 1. The zero-order valence-electron chi connectivity index (χ0n) is 22.0. The minimum atomic E-state index is -3.76. The molecule has 0 bridgehead atoms. The van der Waals surface area contributed by atoms with E-state index in [1.165, 1.54) is 17.5 Å². The van der Waals surface area contributed by atoms with Gasteiger partial charge in [-0.25, -0.2) is 13.4 Å². The molecule has 1 aromatic heterocycles. The number of amides is 1.